The van der Waals surface area contributed by atoms with Crippen molar-refractivity contribution in [2.24, 2.45) is 11.7 Å². The summed E-state index contributed by atoms with van der Waals surface area (Å²) in [5.74, 6) is 0.0900. The lowest BCUT2D eigenvalue weighted by Gasteiger charge is -2.37. The van der Waals surface area contributed by atoms with Gasteiger partial charge in [0.25, 0.3) is 0 Å². The lowest BCUT2D eigenvalue weighted by molar-refractivity contribution is -0.142. The van der Waals surface area contributed by atoms with E-state index < -0.39 is 0 Å². The second-order valence-corrected chi connectivity index (χ2v) is 4.32. The number of ether oxygens (including phenoxy) is 1. The number of nitrogens with two attached hydrogens (primary N) is 1. The molecule has 1 saturated heterocycles. The summed E-state index contributed by atoms with van der Waals surface area (Å²) < 4.78 is 4.70. The Kier molecular flexibility index (Phi) is 5.05. The largest absolute Gasteiger partial charge is 0.469 e. The Morgan fingerprint density at radius 1 is 1.60 bits per heavy atom. The summed E-state index contributed by atoms with van der Waals surface area (Å²) in [6.07, 6.45) is 4.09. The minimum Gasteiger partial charge on any atom is -0.469 e. The van der Waals surface area contributed by atoms with Gasteiger partial charge in [0.05, 0.1) is 13.5 Å². The van der Waals surface area contributed by atoms with E-state index in [9.17, 15) is 4.79 Å². The van der Waals surface area contributed by atoms with Crippen molar-refractivity contribution >= 4 is 5.97 Å². The van der Waals surface area contributed by atoms with E-state index in [-0.39, 0.29) is 11.9 Å². The van der Waals surface area contributed by atoms with Gasteiger partial charge in [-0.15, -0.1) is 0 Å². The first-order valence-electron chi connectivity index (χ1n) is 5.66. The van der Waals surface area contributed by atoms with E-state index >= 15 is 0 Å². The Morgan fingerprint density at radius 3 is 2.87 bits per heavy atom. The van der Waals surface area contributed by atoms with Crippen LogP contribution in [0.2, 0.25) is 0 Å². The molecule has 4 nitrogen and oxygen atoms in total. The maximum atomic E-state index is 11.2. The molecule has 1 rings (SSSR count). The summed E-state index contributed by atoms with van der Waals surface area (Å²) in [6, 6.07) is 0.447. The minimum absolute atomic E-state index is 0.149. The van der Waals surface area contributed by atoms with Gasteiger partial charge in [-0.2, -0.15) is 0 Å². The average Bonchev–Trinajstić information content (AvgIpc) is 2.26. The fourth-order valence-corrected chi connectivity index (χ4v) is 2.37. The zero-order valence-electron chi connectivity index (χ0n) is 9.74. The van der Waals surface area contributed by atoms with Crippen LogP contribution in [-0.4, -0.2) is 44.2 Å². The molecular weight excluding hydrogens is 192 g/mol. The third kappa shape index (κ3) is 3.47. The fourth-order valence-electron chi connectivity index (χ4n) is 2.37. The van der Waals surface area contributed by atoms with Crippen LogP contribution in [-0.2, 0) is 9.53 Å². The first-order chi connectivity index (χ1) is 7.19. The second-order valence-electron chi connectivity index (χ2n) is 4.32. The van der Waals surface area contributed by atoms with Crippen LogP contribution in [0, 0.1) is 5.92 Å². The van der Waals surface area contributed by atoms with Crippen molar-refractivity contribution < 1.29 is 9.53 Å². The molecule has 0 saturated carbocycles. The first-order valence-corrected chi connectivity index (χ1v) is 5.66. The summed E-state index contributed by atoms with van der Waals surface area (Å²) in [5.41, 5.74) is 5.73. The molecule has 0 radical (unpaired) electrons. The Balaban J connectivity index is 2.51. The van der Waals surface area contributed by atoms with E-state index in [1.54, 1.807) is 0 Å². The van der Waals surface area contributed by atoms with Gasteiger partial charge in [0, 0.05) is 6.04 Å². The molecule has 2 N–H and O–H groups in total. The van der Waals surface area contributed by atoms with Gasteiger partial charge in [-0.3, -0.25) is 4.79 Å². The first kappa shape index (κ1) is 12.5. The molecule has 0 aliphatic carbocycles. The number of rotatable bonds is 4. The molecular formula is C11H22N2O2. The molecule has 1 aliphatic rings. The van der Waals surface area contributed by atoms with Crippen LogP contribution in [0.15, 0.2) is 0 Å². The van der Waals surface area contributed by atoms with Gasteiger partial charge in [-0.05, 0) is 38.9 Å². The fraction of sp³-hybridized carbons (Fsp3) is 0.909. The molecule has 0 amide bonds. The molecule has 1 heterocycles. The Bertz CT molecular complexity index is 209. The Labute approximate surface area is 91.8 Å². The Morgan fingerprint density at radius 2 is 2.33 bits per heavy atom. The number of likely N-dealkylation sites (tertiary alicyclic amines) is 1. The van der Waals surface area contributed by atoms with E-state index in [1.165, 1.54) is 20.0 Å². The number of nitrogens with zero attached hydrogens (tertiary/aromatic N) is 1. The molecule has 4 heteroatoms. The van der Waals surface area contributed by atoms with Gasteiger partial charge >= 0.3 is 5.97 Å². The highest BCUT2D eigenvalue weighted by Gasteiger charge is 2.28. The molecule has 1 fully saturated rings. The van der Waals surface area contributed by atoms with Crippen molar-refractivity contribution in [2.75, 3.05) is 27.2 Å². The standard InChI is InChI=1S/C11H22N2O2/c1-13-6-4-3-5-10(13)9(8-12)7-11(14)15-2/h9-10H,3-8,12H2,1-2H3. The topological polar surface area (TPSA) is 55.6 Å². The number of carbonyl (C=O) groups excluding carboxylic acids is 1. The maximum absolute atomic E-state index is 11.2. The summed E-state index contributed by atoms with van der Waals surface area (Å²) in [7, 11) is 3.55. The minimum atomic E-state index is -0.149. The average molecular weight is 214 g/mol. The predicted molar refractivity (Wildman–Crippen MR) is 59.4 cm³/mol. The van der Waals surface area contributed by atoms with Crippen LogP contribution in [0.4, 0.5) is 0 Å². The van der Waals surface area contributed by atoms with Crippen LogP contribution in [0.25, 0.3) is 0 Å². The summed E-state index contributed by atoms with van der Waals surface area (Å²) in [5, 5.41) is 0. The maximum Gasteiger partial charge on any atom is 0.305 e. The molecule has 1 aliphatic heterocycles. The summed E-state index contributed by atoms with van der Waals surface area (Å²) in [6.45, 7) is 1.67. The van der Waals surface area contributed by atoms with E-state index in [1.807, 2.05) is 0 Å². The summed E-state index contributed by atoms with van der Waals surface area (Å²) in [4.78, 5) is 13.6. The third-order valence-corrected chi connectivity index (χ3v) is 3.33. The lowest BCUT2D eigenvalue weighted by atomic mass is 9.88. The van der Waals surface area contributed by atoms with Crippen molar-refractivity contribution in [2.45, 2.75) is 31.7 Å². The summed E-state index contributed by atoms with van der Waals surface area (Å²) >= 11 is 0. The SMILES string of the molecule is COC(=O)CC(CN)C1CCCCN1C. The number of esters is 1. The highest BCUT2D eigenvalue weighted by atomic mass is 16.5. The van der Waals surface area contributed by atoms with Crippen molar-refractivity contribution in [3.63, 3.8) is 0 Å². The number of piperidine rings is 1. The van der Waals surface area contributed by atoms with Crippen molar-refractivity contribution in [1.29, 1.82) is 0 Å². The molecule has 0 spiro atoms. The number of carbonyl (C=O) groups is 1. The predicted octanol–water partition coefficient (Wildman–Crippen LogP) is 0.609. The number of methoxy groups -OCH3 is 1. The van der Waals surface area contributed by atoms with E-state index in [0.717, 1.165) is 13.0 Å². The van der Waals surface area contributed by atoms with E-state index in [2.05, 4.69) is 11.9 Å². The smallest absolute Gasteiger partial charge is 0.305 e. The van der Waals surface area contributed by atoms with Crippen LogP contribution < -0.4 is 5.73 Å². The number of hydrogen-bond acceptors (Lipinski definition) is 4. The zero-order valence-corrected chi connectivity index (χ0v) is 9.74. The second kappa shape index (κ2) is 6.08. The van der Waals surface area contributed by atoms with Crippen LogP contribution >= 0.6 is 0 Å². The van der Waals surface area contributed by atoms with Gasteiger partial charge < -0.3 is 15.4 Å². The lowest BCUT2D eigenvalue weighted by Crippen LogP contribution is -2.44. The quantitative estimate of drug-likeness (QED) is 0.697. The molecule has 15 heavy (non-hydrogen) atoms. The van der Waals surface area contributed by atoms with Crippen LogP contribution in [0.3, 0.4) is 0 Å². The molecule has 0 bridgehead atoms. The van der Waals surface area contributed by atoms with Gasteiger partial charge in [0.2, 0.25) is 0 Å². The highest BCUT2D eigenvalue weighted by Crippen LogP contribution is 2.23. The van der Waals surface area contributed by atoms with Gasteiger partial charge in [-0.1, -0.05) is 6.42 Å². The molecule has 0 aromatic rings. The number of hydrogen-bond donors (Lipinski definition) is 1. The highest BCUT2D eigenvalue weighted by molar-refractivity contribution is 5.69. The Hall–Kier alpha value is -0.610. The molecule has 88 valence electrons. The molecule has 2 unspecified atom stereocenters. The van der Waals surface area contributed by atoms with Crippen LogP contribution in [0.5, 0.6) is 0 Å². The van der Waals surface area contributed by atoms with E-state index in [4.69, 9.17) is 10.5 Å². The molecule has 2 atom stereocenters. The molecule has 0 aromatic carbocycles. The van der Waals surface area contributed by atoms with Crippen LogP contribution in [0.1, 0.15) is 25.7 Å². The van der Waals surface area contributed by atoms with Crippen molar-refractivity contribution in [1.82, 2.24) is 4.90 Å². The van der Waals surface area contributed by atoms with Gasteiger partial charge in [-0.25, -0.2) is 0 Å². The monoisotopic (exact) mass is 214 g/mol. The van der Waals surface area contributed by atoms with E-state index in [0.29, 0.717) is 19.0 Å². The van der Waals surface area contributed by atoms with Gasteiger partial charge in [0.15, 0.2) is 0 Å². The zero-order chi connectivity index (χ0) is 11.3. The normalized spacial score (nSPS) is 24.9. The molecule has 0 aromatic heterocycles. The van der Waals surface area contributed by atoms with Crippen molar-refractivity contribution in [3.8, 4) is 0 Å². The van der Waals surface area contributed by atoms with Gasteiger partial charge in [0.1, 0.15) is 0 Å². The third-order valence-electron chi connectivity index (χ3n) is 3.33. The van der Waals surface area contributed by atoms with Crippen molar-refractivity contribution in [3.05, 3.63) is 0 Å².